The predicted molar refractivity (Wildman–Crippen MR) is 290 cm³/mol. The lowest BCUT2D eigenvalue weighted by molar-refractivity contribution is -0.686. The Morgan fingerprint density at radius 3 is 2.30 bits per heavy atom. The monoisotopic (exact) mass is 1060 g/mol. The summed E-state index contributed by atoms with van der Waals surface area (Å²) in [6, 6.07) is 16.4. The van der Waals surface area contributed by atoms with E-state index < -0.39 is 46.1 Å². The van der Waals surface area contributed by atoms with Gasteiger partial charge in [0.2, 0.25) is 6.54 Å². The van der Waals surface area contributed by atoms with Gasteiger partial charge in [0.15, 0.2) is 5.71 Å². The summed E-state index contributed by atoms with van der Waals surface area (Å²) < 4.78 is 95.2. The van der Waals surface area contributed by atoms with Gasteiger partial charge in [0.1, 0.15) is 12.4 Å². The number of ether oxygens (including phenoxy) is 1. The van der Waals surface area contributed by atoms with E-state index in [1.807, 2.05) is 32.1 Å². The number of aryl methyl sites for hydroxylation is 2. The van der Waals surface area contributed by atoms with E-state index in [1.165, 1.54) is 12.3 Å². The molecule has 3 heterocycles. The molecule has 0 radical (unpaired) electrons. The normalized spacial score (nSPS) is 18.4. The molecule has 14 nitrogen and oxygen atoms in total. The molecule has 398 valence electrons. The Bertz CT molecular complexity index is 2740. The van der Waals surface area contributed by atoms with Crippen LogP contribution in [-0.4, -0.2) is 87.8 Å². The quantitative estimate of drug-likeness (QED) is 0.0259. The van der Waals surface area contributed by atoms with Crippen LogP contribution in [0.4, 0.5) is 11.5 Å². The molecule has 0 bridgehead atoms. The van der Waals surface area contributed by atoms with E-state index in [1.54, 1.807) is 4.57 Å². The molecule has 1 aromatic heterocycles. The van der Waals surface area contributed by atoms with Crippen molar-refractivity contribution in [2.75, 3.05) is 43.6 Å². The number of nitrogens with zero attached hydrogens (tertiary/aromatic N) is 5. The van der Waals surface area contributed by atoms with Crippen LogP contribution >= 0.6 is 19.4 Å². The third-order valence-corrected chi connectivity index (χ3v) is 17.4. The highest BCUT2D eigenvalue weighted by Gasteiger charge is 2.43. The molecule has 17 heteroatoms. The Morgan fingerprint density at radius 2 is 1.62 bits per heavy atom. The first-order chi connectivity index (χ1) is 34.5. The minimum absolute atomic E-state index is 0.189. The van der Waals surface area contributed by atoms with Crippen LogP contribution in [0.1, 0.15) is 136 Å². The fraction of sp³-hybridized carbons (Fsp3) is 0.518. The number of rotatable bonds is 25. The Balaban J connectivity index is 1.35. The molecule has 0 saturated carbocycles. The molecular formula is C56H75N5O9PS2-3. The van der Waals surface area contributed by atoms with Crippen molar-refractivity contribution < 1.29 is 45.0 Å². The smallest absolute Gasteiger partial charge is 0.327 e. The standard InChI is InChI=1S/C56H78N5O9PS2/c1-12-13-30-59-39-47(73(65,66)67)38-49-54(59)58-51(55(49,7)8)27-24-43-19-16-20-44(25-28-52-56(9,10)48-36-42(6)23-26-50(48)60(52)31-18-35-72(62,63)64)53(43)45-21-17-22-46(37-45)68-32-14-15-33-69-71(70-34-29-57-11)61(40(2)3)41(4)5/h17,21-28,36-41H,12-16,18-20,29-35H2,1-10H3,(H3-,62,63,64,65,66,67)/p-3. The largest absolute Gasteiger partial charge is 0.830 e. The Morgan fingerprint density at radius 1 is 0.890 bits per heavy atom. The van der Waals surface area contributed by atoms with Gasteiger partial charge in [-0.15, -0.1) is 0 Å². The zero-order valence-electron chi connectivity index (χ0n) is 44.4. The summed E-state index contributed by atoms with van der Waals surface area (Å²) in [4.78, 5) is 10.5. The predicted octanol–water partition coefficient (Wildman–Crippen LogP) is 12.2. The van der Waals surface area contributed by atoms with Crippen LogP contribution in [0.25, 0.3) is 10.4 Å². The van der Waals surface area contributed by atoms with Gasteiger partial charge >= 0.3 is 5.82 Å². The first-order valence-electron chi connectivity index (χ1n) is 25.7. The van der Waals surface area contributed by atoms with Crippen molar-refractivity contribution in [2.24, 2.45) is 4.99 Å². The summed E-state index contributed by atoms with van der Waals surface area (Å²) in [5.74, 6) is 0.932. The van der Waals surface area contributed by atoms with E-state index in [9.17, 15) is 26.6 Å². The number of pyridine rings is 1. The SMILES string of the molecule is [C-]#[N+]CCOP(OCCCCOc1cccc(C2=C(/C=C/C3=Nc4c(cc(S([O-])([O-])[O-])c[n+]4CCCC)C3(C)C)CCC/C2=C\C=C2\N(CCCS(=O)(=O)[O-])c3ccc(C)cc3C2(C)C)c1)N(C(C)C)C(C)C. The van der Waals surface area contributed by atoms with Crippen molar-refractivity contribution in [3.05, 3.63) is 130 Å². The lowest BCUT2D eigenvalue weighted by Crippen LogP contribution is -2.36. The molecule has 1 atom stereocenters. The molecule has 1 unspecified atom stereocenters. The van der Waals surface area contributed by atoms with Gasteiger partial charge in [0, 0.05) is 41.2 Å². The van der Waals surface area contributed by atoms with Gasteiger partial charge in [-0.25, -0.2) is 24.2 Å². The fourth-order valence-electron chi connectivity index (χ4n) is 9.98. The number of allylic oxidation sites excluding steroid dienone is 8. The van der Waals surface area contributed by atoms with Crippen LogP contribution in [0.2, 0.25) is 0 Å². The Hall–Kier alpha value is -4.24. The maximum atomic E-state index is 12.4. The van der Waals surface area contributed by atoms with E-state index >= 15 is 0 Å². The molecule has 3 aliphatic rings. The van der Waals surface area contributed by atoms with E-state index in [4.69, 9.17) is 25.3 Å². The molecule has 2 aromatic carbocycles. The van der Waals surface area contributed by atoms with Crippen LogP contribution in [0.3, 0.4) is 0 Å². The molecule has 0 saturated heterocycles. The average molecular weight is 1060 g/mol. The lowest BCUT2D eigenvalue weighted by Gasteiger charge is -2.63. The Kier molecular flexibility index (Phi) is 19.9. The highest BCUT2D eigenvalue weighted by Crippen LogP contribution is 2.50. The van der Waals surface area contributed by atoms with Crippen molar-refractivity contribution in [2.45, 2.75) is 155 Å². The topological polar surface area (TPSA) is 181 Å². The van der Waals surface area contributed by atoms with Gasteiger partial charge in [-0.05, 0) is 168 Å². The average Bonchev–Trinajstić information content (AvgIpc) is 3.69. The van der Waals surface area contributed by atoms with Crippen LogP contribution in [0, 0.1) is 13.5 Å². The molecule has 6 rings (SSSR count). The van der Waals surface area contributed by atoms with Crippen LogP contribution in [-0.2, 0) is 36.5 Å². The number of aliphatic imine (C=N–C) groups is 1. The number of hydrogen-bond acceptors (Lipinski definition) is 12. The van der Waals surface area contributed by atoms with Crippen LogP contribution < -0.4 is 14.2 Å². The number of anilines is 1. The van der Waals surface area contributed by atoms with Crippen molar-refractivity contribution in [1.82, 2.24) is 4.67 Å². The van der Waals surface area contributed by atoms with Crippen molar-refractivity contribution in [3.63, 3.8) is 0 Å². The fourth-order valence-corrected chi connectivity index (χ4v) is 12.6. The Labute approximate surface area is 438 Å². The number of unbranched alkanes of at least 4 members (excludes halogenated alkanes) is 2. The van der Waals surface area contributed by atoms with Gasteiger partial charge in [0.05, 0.1) is 47.1 Å². The first kappa shape index (κ1) is 58.0. The van der Waals surface area contributed by atoms with E-state index in [0.717, 1.165) is 101 Å². The van der Waals surface area contributed by atoms with Gasteiger partial charge in [0.25, 0.3) is 8.53 Å². The number of fused-ring (bicyclic) bond motifs is 2. The number of benzene rings is 2. The van der Waals surface area contributed by atoms with Gasteiger partial charge in [-0.1, -0.05) is 69.2 Å². The maximum Gasteiger partial charge on any atom is 0.327 e. The molecule has 0 amide bonds. The first-order valence-corrected chi connectivity index (χ1v) is 29.8. The maximum absolute atomic E-state index is 12.4. The van der Waals surface area contributed by atoms with E-state index in [2.05, 4.69) is 118 Å². The lowest BCUT2D eigenvalue weighted by atomic mass is 9.80. The second kappa shape index (κ2) is 25.1. The summed E-state index contributed by atoms with van der Waals surface area (Å²) >= 11 is 0. The molecule has 2 aliphatic heterocycles. The highest BCUT2D eigenvalue weighted by atomic mass is 32.3. The molecular weight excluding hydrogens is 982 g/mol. The third kappa shape index (κ3) is 14.6. The van der Waals surface area contributed by atoms with Gasteiger partial charge in [-0.2, -0.15) is 0 Å². The summed E-state index contributed by atoms with van der Waals surface area (Å²) in [5.41, 5.74) is 8.82. The highest BCUT2D eigenvalue weighted by molar-refractivity contribution is 8.19. The minimum Gasteiger partial charge on any atom is -0.830 e. The molecule has 0 fully saturated rings. The van der Waals surface area contributed by atoms with Crippen molar-refractivity contribution in [1.29, 1.82) is 0 Å². The van der Waals surface area contributed by atoms with E-state index in [0.29, 0.717) is 44.3 Å². The molecule has 0 N–H and O–H groups in total. The van der Waals surface area contributed by atoms with Crippen molar-refractivity contribution >= 4 is 52.3 Å². The molecule has 3 aromatic rings. The van der Waals surface area contributed by atoms with Gasteiger partial charge < -0.3 is 52.6 Å². The number of hydrogen-bond donors (Lipinski definition) is 0. The molecule has 0 spiro atoms. The second-order valence-corrected chi connectivity index (χ2v) is 25.1. The summed E-state index contributed by atoms with van der Waals surface area (Å²) in [6.45, 7) is 30.6. The summed E-state index contributed by atoms with van der Waals surface area (Å²) in [5, 5.41) is 0. The zero-order chi connectivity index (χ0) is 53.3. The summed E-state index contributed by atoms with van der Waals surface area (Å²) in [6.07, 6.45) is 15.8. The van der Waals surface area contributed by atoms with Crippen molar-refractivity contribution in [3.8, 4) is 5.75 Å². The molecule has 73 heavy (non-hydrogen) atoms. The second-order valence-electron chi connectivity index (χ2n) is 20.7. The number of aromatic nitrogens is 1. The zero-order valence-corrected chi connectivity index (χ0v) is 47.0. The minimum atomic E-state index is -4.72. The third-order valence-electron chi connectivity index (χ3n) is 13.7. The van der Waals surface area contributed by atoms with E-state index in [-0.39, 0.29) is 29.9 Å². The van der Waals surface area contributed by atoms with Crippen LogP contribution in [0.5, 0.6) is 5.75 Å². The molecule has 1 aliphatic carbocycles. The summed E-state index contributed by atoms with van der Waals surface area (Å²) in [7, 11) is -10.4. The van der Waals surface area contributed by atoms with Crippen LogP contribution in [0.15, 0.2) is 106 Å². The van der Waals surface area contributed by atoms with Gasteiger partial charge in [-0.3, -0.25) is 0 Å².